The van der Waals surface area contributed by atoms with Gasteiger partial charge in [0.05, 0.1) is 17.8 Å². The van der Waals surface area contributed by atoms with E-state index in [1.165, 1.54) is 5.56 Å². The van der Waals surface area contributed by atoms with Gasteiger partial charge in [0.1, 0.15) is 0 Å². The van der Waals surface area contributed by atoms with Crippen LogP contribution in [0.25, 0.3) is 5.69 Å². The molecular weight excluding hydrogens is 466 g/mol. The first-order chi connectivity index (χ1) is 17.5. The number of carbonyl (C=O) groups excluding carboxylic acids is 1. The number of rotatable bonds is 7. The summed E-state index contributed by atoms with van der Waals surface area (Å²) in [4.78, 5) is 19.6. The summed E-state index contributed by atoms with van der Waals surface area (Å²) in [5, 5.41) is 7.14. The van der Waals surface area contributed by atoms with Crippen molar-refractivity contribution in [3.8, 4) is 5.69 Å². The van der Waals surface area contributed by atoms with E-state index in [4.69, 9.17) is 12.2 Å². The van der Waals surface area contributed by atoms with Crippen LogP contribution in [0.5, 0.6) is 0 Å². The summed E-state index contributed by atoms with van der Waals surface area (Å²) >= 11 is 5.79. The van der Waals surface area contributed by atoms with Gasteiger partial charge in [0.15, 0.2) is 5.11 Å². The largest absolute Gasteiger partial charge is 0.352 e. The molecule has 0 radical (unpaired) electrons. The maximum absolute atomic E-state index is 12.9. The van der Waals surface area contributed by atoms with Gasteiger partial charge in [-0.1, -0.05) is 42.0 Å². The van der Waals surface area contributed by atoms with Crippen LogP contribution in [-0.4, -0.2) is 32.0 Å². The van der Waals surface area contributed by atoms with Crippen molar-refractivity contribution in [2.24, 2.45) is 0 Å². The van der Waals surface area contributed by atoms with Crippen molar-refractivity contribution in [1.29, 1.82) is 0 Å². The number of hydrogen-bond acceptors (Lipinski definition) is 3. The Morgan fingerprint density at radius 1 is 1.00 bits per heavy atom. The van der Waals surface area contributed by atoms with Gasteiger partial charge in [-0.25, -0.2) is 0 Å². The molecule has 4 aromatic rings. The van der Waals surface area contributed by atoms with Crippen LogP contribution in [0.3, 0.4) is 0 Å². The molecule has 0 bridgehead atoms. The first-order valence-electron chi connectivity index (χ1n) is 12.1. The lowest BCUT2D eigenvalue weighted by atomic mass is 10.0. The highest BCUT2D eigenvalue weighted by atomic mass is 32.1. The van der Waals surface area contributed by atoms with Crippen molar-refractivity contribution in [3.63, 3.8) is 0 Å². The van der Waals surface area contributed by atoms with Crippen molar-refractivity contribution in [2.75, 3.05) is 11.9 Å². The van der Waals surface area contributed by atoms with Crippen LogP contribution >= 0.6 is 12.2 Å². The topological polar surface area (TPSA) is 62.2 Å². The number of nitrogens with zero attached hydrogens (tertiary/aromatic N) is 3. The molecule has 2 atom stereocenters. The van der Waals surface area contributed by atoms with E-state index in [0.29, 0.717) is 18.1 Å². The van der Waals surface area contributed by atoms with E-state index < -0.39 is 0 Å². The normalized spacial score (nSPS) is 17.2. The lowest BCUT2D eigenvalue weighted by Gasteiger charge is -2.29. The van der Waals surface area contributed by atoms with Gasteiger partial charge in [0.2, 0.25) is 5.91 Å². The van der Waals surface area contributed by atoms with Gasteiger partial charge >= 0.3 is 0 Å². The molecule has 0 spiro atoms. The fourth-order valence-electron chi connectivity index (χ4n) is 4.69. The number of aryl methyl sites for hydroxylation is 2. The van der Waals surface area contributed by atoms with Crippen LogP contribution in [0.4, 0.5) is 5.69 Å². The molecule has 2 N–H and O–H groups in total. The molecule has 1 aliphatic rings. The van der Waals surface area contributed by atoms with Gasteiger partial charge in [-0.05, 0) is 74.1 Å². The molecule has 3 heterocycles. The number of anilines is 1. The summed E-state index contributed by atoms with van der Waals surface area (Å²) in [7, 11) is 0. The first kappa shape index (κ1) is 23.8. The quantitative estimate of drug-likeness (QED) is 0.332. The molecule has 7 heteroatoms. The Balaban J connectivity index is 1.44. The second-order valence-corrected chi connectivity index (χ2v) is 9.46. The van der Waals surface area contributed by atoms with Gasteiger partial charge in [-0.3, -0.25) is 9.78 Å². The van der Waals surface area contributed by atoms with Crippen LogP contribution in [0.15, 0.2) is 91.3 Å². The van der Waals surface area contributed by atoms with Gasteiger partial charge in [-0.2, -0.15) is 0 Å². The lowest BCUT2D eigenvalue weighted by Crippen LogP contribution is -2.33. The molecule has 1 aliphatic heterocycles. The van der Waals surface area contributed by atoms with E-state index in [0.717, 1.165) is 28.3 Å². The molecule has 1 fully saturated rings. The SMILES string of the molecule is Cc1ccc(-n2cccc2[C@H]2[C@@H](c3ccccn3)NC(=S)N2CCC(=O)Nc2ccccc2C)cc1. The zero-order chi connectivity index (χ0) is 25.1. The van der Waals surface area contributed by atoms with Crippen molar-refractivity contribution in [2.45, 2.75) is 32.4 Å². The van der Waals surface area contributed by atoms with E-state index in [-0.39, 0.29) is 18.0 Å². The summed E-state index contributed by atoms with van der Waals surface area (Å²) in [5.74, 6) is -0.0407. The standard InChI is InChI=1S/C29H29N5OS/c1-20-12-14-22(15-13-20)33-18-7-11-25(33)28-27(24-10-5-6-17-30-24)32-29(36)34(28)19-16-26(35)31-23-9-4-3-8-21(23)2/h3-15,17-18,27-28H,16,19H2,1-2H3,(H,31,35)(H,32,36)/t27-,28+/m1/s1. The number of pyridine rings is 1. The molecule has 2 aromatic heterocycles. The molecule has 1 saturated heterocycles. The summed E-state index contributed by atoms with van der Waals surface area (Å²) in [5.41, 5.74) is 6.16. The second kappa shape index (κ2) is 10.3. The van der Waals surface area contributed by atoms with Crippen LogP contribution in [0.1, 0.15) is 41.0 Å². The number of para-hydroxylation sites is 1. The fourth-order valence-corrected chi connectivity index (χ4v) is 5.02. The molecule has 0 saturated carbocycles. The highest BCUT2D eigenvalue weighted by molar-refractivity contribution is 7.80. The minimum atomic E-state index is -0.141. The molecule has 36 heavy (non-hydrogen) atoms. The van der Waals surface area contributed by atoms with Crippen LogP contribution in [-0.2, 0) is 4.79 Å². The van der Waals surface area contributed by atoms with Crippen molar-refractivity contribution in [1.82, 2.24) is 19.8 Å². The van der Waals surface area contributed by atoms with E-state index in [2.05, 4.69) is 74.6 Å². The Labute approximate surface area is 217 Å². The van der Waals surface area contributed by atoms with Crippen molar-refractivity contribution < 1.29 is 4.79 Å². The molecule has 2 aromatic carbocycles. The third kappa shape index (κ3) is 4.88. The average molecular weight is 496 g/mol. The zero-order valence-electron chi connectivity index (χ0n) is 20.4. The molecule has 1 amide bonds. The minimum absolute atomic E-state index is 0.0407. The van der Waals surface area contributed by atoms with E-state index in [9.17, 15) is 4.79 Å². The fraction of sp³-hybridized carbons (Fsp3) is 0.207. The van der Waals surface area contributed by atoms with Gasteiger partial charge in [-0.15, -0.1) is 0 Å². The maximum atomic E-state index is 12.9. The van der Waals surface area contributed by atoms with Crippen LogP contribution in [0.2, 0.25) is 0 Å². The Bertz CT molecular complexity index is 1370. The number of carbonyl (C=O) groups is 1. The number of aromatic nitrogens is 2. The number of hydrogen-bond donors (Lipinski definition) is 2. The van der Waals surface area contributed by atoms with Gasteiger partial charge in [0, 0.05) is 42.4 Å². The third-order valence-corrected chi connectivity index (χ3v) is 6.94. The maximum Gasteiger partial charge on any atom is 0.226 e. The molecule has 0 aliphatic carbocycles. The second-order valence-electron chi connectivity index (χ2n) is 9.07. The van der Waals surface area contributed by atoms with Gasteiger partial charge < -0.3 is 20.1 Å². The first-order valence-corrected chi connectivity index (χ1v) is 12.5. The highest BCUT2D eigenvalue weighted by Crippen LogP contribution is 2.39. The number of thiocarbonyl (C=S) groups is 1. The Morgan fingerprint density at radius 2 is 1.78 bits per heavy atom. The lowest BCUT2D eigenvalue weighted by molar-refractivity contribution is -0.116. The smallest absolute Gasteiger partial charge is 0.226 e. The average Bonchev–Trinajstić information content (AvgIpc) is 3.49. The number of nitrogens with one attached hydrogen (secondary N) is 2. The Morgan fingerprint density at radius 3 is 2.53 bits per heavy atom. The summed E-state index contributed by atoms with van der Waals surface area (Å²) in [6.07, 6.45) is 4.18. The van der Waals surface area contributed by atoms with Gasteiger partial charge in [0.25, 0.3) is 0 Å². The van der Waals surface area contributed by atoms with Crippen LogP contribution in [0, 0.1) is 13.8 Å². The molecular formula is C29H29N5OS. The van der Waals surface area contributed by atoms with Crippen molar-refractivity contribution >= 4 is 28.9 Å². The Hall–Kier alpha value is -3.97. The summed E-state index contributed by atoms with van der Waals surface area (Å²) < 4.78 is 2.19. The molecule has 0 unspecified atom stereocenters. The number of benzene rings is 2. The van der Waals surface area contributed by atoms with E-state index in [1.807, 2.05) is 49.4 Å². The highest BCUT2D eigenvalue weighted by Gasteiger charge is 2.41. The predicted octanol–water partition coefficient (Wildman–Crippen LogP) is 5.49. The Kier molecular flexibility index (Phi) is 6.82. The molecule has 6 nitrogen and oxygen atoms in total. The minimum Gasteiger partial charge on any atom is -0.352 e. The monoisotopic (exact) mass is 495 g/mol. The van der Waals surface area contributed by atoms with Crippen molar-refractivity contribution in [3.05, 3.63) is 114 Å². The third-order valence-electron chi connectivity index (χ3n) is 6.59. The number of amides is 1. The van der Waals surface area contributed by atoms with E-state index >= 15 is 0 Å². The molecule has 182 valence electrons. The predicted molar refractivity (Wildman–Crippen MR) is 147 cm³/mol. The zero-order valence-corrected chi connectivity index (χ0v) is 21.2. The van der Waals surface area contributed by atoms with Crippen LogP contribution < -0.4 is 10.6 Å². The summed E-state index contributed by atoms with van der Waals surface area (Å²) in [6, 6.07) is 26.1. The van der Waals surface area contributed by atoms with E-state index in [1.54, 1.807) is 6.20 Å². The summed E-state index contributed by atoms with van der Waals surface area (Å²) in [6.45, 7) is 4.55. The molecule has 5 rings (SSSR count).